The maximum atomic E-state index is 13.3. The predicted octanol–water partition coefficient (Wildman–Crippen LogP) is 4.16. The van der Waals surface area contributed by atoms with Gasteiger partial charge in [0.15, 0.2) is 5.69 Å². The van der Waals surface area contributed by atoms with E-state index in [2.05, 4.69) is 35.2 Å². The normalized spacial score (nSPS) is 11.1. The highest BCUT2D eigenvalue weighted by molar-refractivity contribution is 6.04. The second-order valence-corrected chi connectivity index (χ2v) is 7.86. The number of benzene rings is 3. The van der Waals surface area contributed by atoms with E-state index in [1.807, 2.05) is 42.5 Å². The molecule has 0 saturated heterocycles. The van der Waals surface area contributed by atoms with Crippen molar-refractivity contribution in [3.63, 3.8) is 0 Å². The number of fused-ring (bicyclic) bond motifs is 1. The molecule has 6 heteroatoms. The quantitative estimate of drug-likeness (QED) is 0.447. The molecule has 0 aliphatic rings. The molecule has 1 heterocycles. The minimum atomic E-state index is -0.312. The second-order valence-electron chi connectivity index (χ2n) is 7.86. The summed E-state index contributed by atoms with van der Waals surface area (Å²) < 4.78 is 1.30. The summed E-state index contributed by atoms with van der Waals surface area (Å²) in [6.45, 7) is 7.44. The number of carbonyl (C=O) groups is 1. The lowest BCUT2D eigenvalue weighted by atomic mass is 10.1. The van der Waals surface area contributed by atoms with E-state index in [1.165, 1.54) is 10.2 Å². The van der Waals surface area contributed by atoms with Crippen molar-refractivity contribution in [2.45, 2.75) is 26.9 Å². The zero-order valence-electron chi connectivity index (χ0n) is 19.0. The van der Waals surface area contributed by atoms with Crippen LogP contribution in [-0.2, 0) is 13.1 Å². The highest BCUT2D eigenvalue weighted by Crippen LogP contribution is 2.16. The van der Waals surface area contributed by atoms with E-state index in [4.69, 9.17) is 0 Å². The number of hydrogen-bond acceptors (Lipinski definition) is 4. The molecule has 6 nitrogen and oxygen atoms in total. The first-order valence-electron chi connectivity index (χ1n) is 11.3. The van der Waals surface area contributed by atoms with Crippen molar-refractivity contribution in [2.75, 3.05) is 13.1 Å². The Bertz CT molecular complexity index is 1310. The fourth-order valence-corrected chi connectivity index (χ4v) is 3.93. The van der Waals surface area contributed by atoms with Gasteiger partial charge in [-0.3, -0.25) is 14.5 Å². The number of carbonyl (C=O) groups excluding carboxylic acids is 1. The van der Waals surface area contributed by atoms with E-state index >= 15 is 0 Å². The average molecular weight is 441 g/mol. The third-order valence-electron chi connectivity index (χ3n) is 5.87. The fraction of sp³-hybridized carbons (Fsp3) is 0.222. The van der Waals surface area contributed by atoms with Crippen LogP contribution in [0.25, 0.3) is 16.5 Å². The van der Waals surface area contributed by atoms with Gasteiger partial charge in [-0.05, 0) is 42.4 Å². The summed E-state index contributed by atoms with van der Waals surface area (Å²) in [5.41, 5.74) is 2.85. The van der Waals surface area contributed by atoms with Crippen LogP contribution in [0.4, 0.5) is 0 Å². The van der Waals surface area contributed by atoms with Crippen molar-refractivity contribution < 1.29 is 4.79 Å². The van der Waals surface area contributed by atoms with Gasteiger partial charge in [0.25, 0.3) is 11.5 Å². The molecule has 3 aromatic carbocycles. The van der Waals surface area contributed by atoms with Crippen molar-refractivity contribution in [1.82, 2.24) is 20.0 Å². The summed E-state index contributed by atoms with van der Waals surface area (Å²) in [5, 5.41) is 8.49. The van der Waals surface area contributed by atoms with Crippen LogP contribution in [0.15, 0.2) is 83.7 Å². The topological polar surface area (TPSA) is 67.2 Å². The molecule has 0 radical (unpaired) electrons. The maximum absolute atomic E-state index is 13.3. The number of aromatic nitrogens is 2. The molecule has 0 saturated carbocycles. The number of nitrogens with zero attached hydrogens (tertiary/aromatic N) is 3. The van der Waals surface area contributed by atoms with E-state index in [1.54, 1.807) is 30.3 Å². The molecule has 0 aliphatic carbocycles. The van der Waals surface area contributed by atoms with E-state index < -0.39 is 0 Å². The molecule has 1 N–H and O–H groups in total. The number of rotatable bonds is 8. The van der Waals surface area contributed by atoms with Crippen LogP contribution in [-0.4, -0.2) is 33.7 Å². The van der Waals surface area contributed by atoms with Crippen molar-refractivity contribution in [3.05, 3.63) is 106 Å². The Morgan fingerprint density at radius 3 is 2.15 bits per heavy atom. The van der Waals surface area contributed by atoms with Gasteiger partial charge in [0.1, 0.15) is 0 Å². The van der Waals surface area contributed by atoms with Crippen LogP contribution in [0.3, 0.4) is 0 Å². The molecule has 0 fully saturated rings. The van der Waals surface area contributed by atoms with Crippen LogP contribution in [0, 0.1) is 0 Å². The fourth-order valence-electron chi connectivity index (χ4n) is 3.93. The summed E-state index contributed by atoms with van der Waals surface area (Å²) in [6.07, 6.45) is 0. The Labute approximate surface area is 193 Å². The van der Waals surface area contributed by atoms with Crippen LogP contribution >= 0.6 is 0 Å². The van der Waals surface area contributed by atoms with Crippen molar-refractivity contribution in [1.29, 1.82) is 0 Å². The Morgan fingerprint density at radius 1 is 0.848 bits per heavy atom. The largest absolute Gasteiger partial charge is 0.347 e. The first-order valence-corrected chi connectivity index (χ1v) is 11.3. The predicted molar refractivity (Wildman–Crippen MR) is 132 cm³/mol. The standard InChI is InChI=1S/C27H28N4O2/c1-3-30(4-2)19-21-13-9-8-12-20(21)18-28-26(32)25-23-16-10-11-17-24(23)27(33)31(29-25)22-14-6-5-7-15-22/h5-17H,3-4,18-19H2,1-2H3,(H,28,32). The van der Waals surface area contributed by atoms with Gasteiger partial charge in [0.2, 0.25) is 0 Å². The monoisotopic (exact) mass is 440 g/mol. The highest BCUT2D eigenvalue weighted by atomic mass is 16.2. The summed E-state index contributed by atoms with van der Waals surface area (Å²) in [7, 11) is 0. The molecule has 33 heavy (non-hydrogen) atoms. The molecule has 0 atom stereocenters. The van der Waals surface area contributed by atoms with Crippen molar-refractivity contribution >= 4 is 16.7 Å². The van der Waals surface area contributed by atoms with Crippen LogP contribution in [0.5, 0.6) is 0 Å². The number of amides is 1. The van der Waals surface area contributed by atoms with Crippen LogP contribution < -0.4 is 10.9 Å². The number of para-hydroxylation sites is 1. The Balaban J connectivity index is 1.66. The van der Waals surface area contributed by atoms with Gasteiger partial charge in [-0.25, -0.2) is 0 Å². The van der Waals surface area contributed by atoms with Gasteiger partial charge in [-0.2, -0.15) is 9.78 Å². The average Bonchev–Trinajstić information content (AvgIpc) is 2.87. The molecule has 168 valence electrons. The SMILES string of the molecule is CCN(CC)Cc1ccccc1CNC(=O)c1nn(-c2ccccc2)c(=O)c2ccccc12. The van der Waals surface area contributed by atoms with Crippen LogP contribution in [0.2, 0.25) is 0 Å². The molecule has 0 aliphatic heterocycles. The molecular weight excluding hydrogens is 412 g/mol. The third kappa shape index (κ3) is 4.86. The second kappa shape index (κ2) is 10.2. The molecule has 0 bridgehead atoms. The van der Waals surface area contributed by atoms with E-state index in [9.17, 15) is 9.59 Å². The number of nitrogens with one attached hydrogen (secondary N) is 1. The minimum absolute atomic E-state index is 0.232. The van der Waals surface area contributed by atoms with Crippen molar-refractivity contribution in [2.24, 2.45) is 0 Å². The minimum Gasteiger partial charge on any atom is -0.347 e. The van der Waals surface area contributed by atoms with Crippen molar-refractivity contribution in [3.8, 4) is 5.69 Å². The molecule has 0 spiro atoms. The van der Waals surface area contributed by atoms with E-state index in [-0.39, 0.29) is 17.2 Å². The number of hydrogen-bond donors (Lipinski definition) is 1. The highest BCUT2D eigenvalue weighted by Gasteiger charge is 2.18. The third-order valence-corrected chi connectivity index (χ3v) is 5.87. The lowest BCUT2D eigenvalue weighted by Gasteiger charge is -2.20. The smallest absolute Gasteiger partial charge is 0.279 e. The zero-order chi connectivity index (χ0) is 23.2. The molecule has 1 aromatic heterocycles. The molecular formula is C27H28N4O2. The Morgan fingerprint density at radius 2 is 1.45 bits per heavy atom. The molecule has 4 aromatic rings. The van der Waals surface area contributed by atoms with Gasteiger partial charge in [-0.1, -0.05) is 74.5 Å². The van der Waals surface area contributed by atoms with Gasteiger partial charge < -0.3 is 5.32 Å². The zero-order valence-corrected chi connectivity index (χ0v) is 19.0. The first-order chi connectivity index (χ1) is 16.1. The van der Waals surface area contributed by atoms with E-state index in [0.29, 0.717) is 23.0 Å². The molecule has 0 unspecified atom stereocenters. The molecule has 4 rings (SSSR count). The maximum Gasteiger partial charge on any atom is 0.279 e. The van der Waals surface area contributed by atoms with Gasteiger partial charge in [0, 0.05) is 18.5 Å². The lowest BCUT2D eigenvalue weighted by Crippen LogP contribution is -2.30. The van der Waals surface area contributed by atoms with Gasteiger partial charge in [0.05, 0.1) is 11.1 Å². The lowest BCUT2D eigenvalue weighted by molar-refractivity contribution is 0.0946. The summed E-state index contributed by atoms with van der Waals surface area (Å²) in [6, 6.07) is 24.4. The summed E-state index contributed by atoms with van der Waals surface area (Å²) in [4.78, 5) is 28.7. The van der Waals surface area contributed by atoms with Crippen LogP contribution in [0.1, 0.15) is 35.5 Å². The van der Waals surface area contributed by atoms with E-state index in [0.717, 1.165) is 25.2 Å². The first kappa shape index (κ1) is 22.4. The Kier molecular flexibility index (Phi) is 6.95. The summed E-state index contributed by atoms with van der Waals surface area (Å²) >= 11 is 0. The van der Waals surface area contributed by atoms with Gasteiger partial charge >= 0.3 is 0 Å². The van der Waals surface area contributed by atoms with Gasteiger partial charge in [-0.15, -0.1) is 0 Å². The summed E-state index contributed by atoms with van der Waals surface area (Å²) in [5.74, 6) is -0.312. The molecule has 1 amide bonds. The Hall–Kier alpha value is -3.77.